The molecule has 1 amide bonds. The second-order valence-electron chi connectivity index (χ2n) is 7.64. The predicted octanol–water partition coefficient (Wildman–Crippen LogP) is 4.68. The second kappa shape index (κ2) is 9.57. The maximum absolute atomic E-state index is 14.4. The molecule has 6 nitrogen and oxygen atoms in total. The Kier molecular flexibility index (Phi) is 7.40. The van der Waals surface area contributed by atoms with Crippen molar-refractivity contribution in [3.8, 4) is 6.07 Å². The van der Waals surface area contributed by atoms with Crippen LogP contribution in [-0.4, -0.2) is 28.8 Å². The summed E-state index contributed by atoms with van der Waals surface area (Å²) < 4.78 is 19.7. The van der Waals surface area contributed by atoms with Crippen molar-refractivity contribution in [3.63, 3.8) is 0 Å². The third kappa shape index (κ3) is 6.91. The topological polar surface area (TPSA) is 87.0 Å². The molecule has 2 aromatic rings. The maximum atomic E-state index is 14.4. The van der Waals surface area contributed by atoms with Crippen LogP contribution in [0.5, 0.6) is 0 Å². The Morgan fingerprint density at radius 1 is 1.34 bits per heavy atom. The number of rotatable bonds is 6. The van der Waals surface area contributed by atoms with E-state index >= 15 is 0 Å². The maximum Gasteiger partial charge on any atom is 0.407 e. The van der Waals surface area contributed by atoms with E-state index in [1.807, 2.05) is 30.3 Å². The quantitative estimate of drug-likeness (QED) is 0.665. The smallest absolute Gasteiger partial charge is 0.407 e. The lowest BCUT2D eigenvalue weighted by Gasteiger charge is -2.28. The monoisotopic (exact) mass is 418 g/mol. The minimum Gasteiger partial charge on any atom is -0.444 e. The number of nitrogens with zero attached hydrogens (tertiary/aromatic N) is 2. The number of benzene rings is 1. The van der Waals surface area contributed by atoms with Crippen LogP contribution >= 0.6 is 11.6 Å². The van der Waals surface area contributed by atoms with Crippen LogP contribution in [0.1, 0.15) is 38.8 Å². The molecule has 0 saturated heterocycles. The highest BCUT2D eigenvalue weighted by Crippen LogP contribution is 2.22. The molecule has 0 radical (unpaired) electrons. The Morgan fingerprint density at radius 2 is 2.00 bits per heavy atom. The first-order valence-electron chi connectivity index (χ1n) is 9.15. The summed E-state index contributed by atoms with van der Waals surface area (Å²) in [5, 5.41) is 14.7. The molecular weight excluding hydrogens is 395 g/mol. The summed E-state index contributed by atoms with van der Waals surface area (Å²) in [6.07, 6.45) is -0.0903. The van der Waals surface area contributed by atoms with Crippen LogP contribution in [-0.2, 0) is 11.2 Å². The molecule has 1 heterocycles. The minimum absolute atomic E-state index is 0.0470. The van der Waals surface area contributed by atoms with Gasteiger partial charge in [0.05, 0.1) is 11.6 Å². The molecule has 8 heteroatoms. The number of alkyl carbamates (subject to hydrolysis) is 1. The summed E-state index contributed by atoms with van der Waals surface area (Å²) in [6.45, 7) is 7.10. The molecule has 1 aromatic carbocycles. The lowest BCUT2D eigenvalue weighted by Crippen LogP contribution is -2.47. The third-order valence-electron chi connectivity index (χ3n) is 4.02. The van der Waals surface area contributed by atoms with Crippen LogP contribution in [0.15, 0.2) is 36.4 Å². The summed E-state index contributed by atoms with van der Waals surface area (Å²) in [4.78, 5) is 16.1. The average Bonchev–Trinajstić information content (AvgIpc) is 2.62. The molecule has 2 N–H and O–H groups in total. The number of carbonyl (C=O) groups is 1. The first kappa shape index (κ1) is 22.4. The molecule has 0 saturated carbocycles. The van der Waals surface area contributed by atoms with E-state index in [2.05, 4.69) is 15.6 Å². The van der Waals surface area contributed by atoms with Gasteiger partial charge in [-0.2, -0.15) is 5.26 Å². The van der Waals surface area contributed by atoms with Crippen molar-refractivity contribution in [2.45, 2.75) is 51.8 Å². The Bertz CT molecular complexity index is 894. The molecule has 154 valence electrons. The van der Waals surface area contributed by atoms with Gasteiger partial charge in [0, 0.05) is 6.04 Å². The molecule has 0 aliphatic heterocycles. The van der Waals surface area contributed by atoms with Crippen molar-refractivity contribution in [1.29, 1.82) is 5.26 Å². The van der Waals surface area contributed by atoms with Crippen molar-refractivity contribution >= 4 is 23.5 Å². The van der Waals surface area contributed by atoms with Gasteiger partial charge in [-0.3, -0.25) is 0 Å². The normalized spacial score (nSPS) is 13.1. The summed E-state index contributed by atoms with van der Waals surface area (Å²) >= 11 is 5.95. The number of pyridine rings is 1. The number of halogens is 2. The number of nitrogens with one attached hydrogen (secondary N) is 2. The van der Waals surface area contributed by atoms with Crippen molar-refractivity contribution in [1.82, 2.24) is 10.3 Å². The van der Waals surface area contributed by atoms with Crippen molar-refractivity contribution in [2.75, 3.05) is 5.32 Å². The standard InChI is InChI=1S/C21H24ClFN4O2/c1-13(25-20(28)29-21(2,3)4)17(10-14-8-6-5-7-9-14)26-19-16(23)11-15(12-24)18(22)27-19/h5-9,11,13,17H,10H2,1-4H3,(H,25,28)(H,26,27)/t13-,17+/m0/s1. The summed E-state index contributed by atoms with van der Waals surface area (Å²) in [5.74, 6) is -0.791. The van der Waals surface area contributed by atoms with Gasteiger partial charge >= 0.3 is 6.09 Å². The predicted molar refractivity (Wildman–Crippen MR) is 110 cm³/mol. The molecule has 2 rings (SSSR count). The van der Waals surface area contributed by atoms with Crippen molar-refractivity contribution in [3.05, 3.63) is 58.5 Å². The number of anilines is 1. The molecule has 0 aliphatic rings. The molecule has 2 atom stereocenters. The Labute approximate surface area is 175 Å². The molecule has 0 bridgehead atoms. The molecule has 0 aliphatic carbocycles. The van der Waals surface area contributed by atoms with Crippen molar-refractivity contribution in [2.24, 2.45) is 0 Å². The highest BCUT2D eigenvalue weighted by atomic mass is 35.5. The summed E-state index contributed by atoms with van der Waals surface area (Å²) in [7, 11) is 0. The highest BCUT2D eigenvalue weighted by molar-refractivity contribution is 6.30. The first-order valence-corrected chi connectivity index (χ1v) is 9.53. The number of ether oxygens (including phenoxy) is 1. The van der Waals surface area contributed by atoms with Gasteiger partial charge < -0.3 is 15.4 Å². The van der Waals surface area contributed by atoms with Crippen LogP contribution in [0.4, 0.5) is 15.0 Å². The van der Waals surface area contributed by atoms with Crippen LogP contribution in [0.2, 0.25) is 5.15 Å². The van der Waals surface area contributed by atoms with Crippen LogP contribution in [0, 0.1) is 17.1 Å². The molecule has 0 unspecified atom stereocenters. The van der Waals surface area contributed by atoms with E-state index in [4.69, 9.17) is 21.6 Å². The van der Waals surface area contributed by atoms with Crippen LogP contribution in [0.3, 0.4) is 0 Å². The van der Waals surface area contributed by atoms with E-state index < -0.39 is 29.6 Å². The number of hydrogen-bond donors (Lipinski definition) is 2. The fraction of sp³-hybridized carbons (Fsp3) is 0.381. The molecule has 1 aromatic heterocycles. The van der Waals surface area contributed by atoms with E-state index in [1.54, 1.807) is 33.8 Å². The first-order chi connectivity index (χ1) is 13.6. The third-order valence-corrected chi connectivity index (χ3v) is 4.31. The van der Waals surface area contributed by atoms with Gasteiger partial charge in [-0.05, 0) is 45.7 Å². The fourth-order valence-electron chi connectivity index (χ4n) is 2.64. The largest absolute Gasteiger partial charge is 0.444 e. The van der Waals surface area contributed by atoms with Gasteiger partial charge in [0.2, 0.25) is 0 Å². The average molecular weight is 419 g/mol. The number of nitriles is 1. The van der Waals surface area contributed by atoms with Crippen LogP contribution < -0.4 is 10.6 Å². The molecule has 0 spiro atoms. The number of amides is 1. The Hall–Kier alpha value is -2.85. The zero-order valence-corrected chi connectivity index (χ0v) is 17.5. The second-order valence-corrected chi connectivity index (χ2v) is 8.00. The highest BCUT2D eigenvalue weighted by Gasteiger charge is 2.25. The van der Waals surface area contributed by atoms with Gasteiger partial charge in [0.15, 0.2) is 11.6 Å². The summed E-state index contributed by atoms with van der Waals surface area (Å²) in [6, 6.07) is 11.5. The molecular formula is C21H24ClFN4O2. The van der Waals surface area contributed by atoms with E-state index in [-0.39, 0.29) is 16.5 Å². The molecule has 29 heavy (non-hydrogen) atoms. The van der Waals surface area contributed by atoms with Crippen LogP contribution in [0.25, 0.3) is 0 Å². The fourth-order valence-corrected chi connectivity index (χ4v) is 2.82. The van der Waals surface area contributed by atoms with Crippen molar-refractivity contribution < 1.29 is 13.9 Å². The van der Waals surface area contributed by atoms with E-state index in [0.717, 1.165) is 11.6 Å². The van der Waals surface area contributed by atoms with E-state index in [9.17, 15) is 9.18 Å². The van der Waals surface area contributed by atoms with E-state index in [1.165, 1.54) is 0 Å². The number of hydrogen-bond acceptors (Lipinski definition) is 5. The number of aromatic nitrogens is 1. The Balaban J connectivity index is 2.24. The number of carbonyl (C=O) groups excluding carboxylic acids is 1. The van der Waals surface area contributed by atoms with Gasteiger partial charge in [-0.25, -0.2) is 14.2 Å². The lowest BCUT2D eigenvalue weighted by atomic mass is 10.0. The van der Waals surface area contributed by atoms with Gasteiger partial charge in [0.25, 0.3) is 0 Å². The zero-order chi connectivity index (χ0) is 21.6. The Morgan fingerprint density at radius 3 is 2.59 bits per heavy atom. The molecule has 0 fully saturated rings. The van der Waals surface area contributed by atoms with Gasteiger partial charge in [0.1, 0.15) is 16.8 Å². The van der Waals surface area contributed by atoms with E-state index in [0.29, 0.717) is 6.42 Å². The SMILES string of the molecule is C[C@H](NC(=O)OC(C)(C)C)[C@@H](Cc1ccccc1)Nc1nc(Cl)c(C#N)cc1F. The zero-order valence-electron chi connectivity index (χ0n) is 16.8. The van der Waals surface area contributed by atoms with Gasteiger partial charge in [-0.1, -0.05) is 41.9 Å². The van der Waals surface area contributed by atoms with Gasteiger partial charge in [-0.15, -0.1) is 0 Å². The minimum atomic E-state index is -0.700. The lowest BCUT2D eigenvalue weighted by molar-refractivity contribution is 0.0503. The summed E-state index contributed by atoms with van der Waals surface area (Å²) in [5.41, 5.74) is 0.303.